The van der Waals surface area contributed by atoms with Crippen molar-refractivity contribution in [3.63, 3.8) is 0 Å². The molecule has 0 saturated heterocycles. The van der Waals surface area contributed by atoms with E-state index in [0.717, 1.165) is 22.6 Å². The van der Waals surface area contributed by atoms with Gasteiger partial charge in [0.1, 0.15) is 11.5 Å². The van der Waals surface area contributed by atoms with Crippen LogP contribution in [0.3, 0.4) is 0 Å². The second-order valence-corrected chi connectivity index (χ2v) is 5.79. The minimum atomic E-state index is -0.0823. The average Bonchev–Trinajstić information content (AvgIpc) is 2.47. The lowest BCUT2D eigenvalue weighted by Crippen LogP contribution is -2.13. The Morgan fingerprint density at radius 3 is 2.33 bits per heavy atom. The van der Waals surface area contributed by atoms with Crippen LogP contribution in [-0.4, -0.2) is 17.1 Å². The minimum Gasteiger partial charge on any atom is -0.497 e. The van der Waals surface area contributed by atoms with Gasteiger partial charge in [-0.15, -0.1) is 0 Å². The van der Waals surface area contributed by atoms with Crippen LogP contribution < -0.4 is 15.2 Å². The van der Waals surface area contributed by atoms with Gasteiger partial charge in [0.05, 0.1) is 7.11 Å². The first-order valence-corrected chi connectivity index (χ1v) is 6.81. The monoisotopic (exact) mass is 287 g/mol. The Bertz CT molecular complexity index is 604. The van der Waals surface area contributed by atoms with Gasteiger partial charge in [0, 0.05) is 30.1 Å². The zero-order valence-corrected chi connectivity index (χ0v) is 12.9. The summed E-state index contributed by atoms with van der Waals surface area (Å²) in [7, 11) is 1.65. The molecule has 5 heteroatoms. The first kappa shape index (κ1) is 15.3. The SMILES string of the molecule is COc1ccc(Oc2ncc(CN)cn2)c(C(C)(C)C)c1. The van der Waals surface area contributed by atoms with Crippen molar-refractivity contribution in [3.8, 4) is 17.5 Å². The molecule has 0 amide bonds. The molecule has 112 valence electrons. The van der Waals surface area contributed by atoms with E-state index in [2.05, 4.69) is 30.7 Å². The van der Waals surface area contributed by atoms with Gasteiger partial charge in [-0.3, -0.25) is 0 Å². The Hall–Kier alpha value is -2.14. The van der Waals surface area contributed by atoms with Crippen molar-refractivity contribution in [2.75, 3.05) is 7.11 Å². The summed E-state index contributed by atoms with van der Waals surface area (Å²) in [5.41, 5.74) is 7.35. The molecule has 0 atom stereocenters. The van der Waals surface area contributed by atoms with Crippen LogP contribution in [0.25, 0.3) is 0 Å². The number of methoxy groups -OCH3 is 1. The molecule has 2 rings (SSSR count). The summed E-state index contributed by atoms with van der Waals surface area (Å²) in [6.45, 7) is 6.77. The summed E-state index contributed by atoms with van der Waals surface area (Å²) < 4.78 is 11.1. The molecule has 0 aliphatic heterocycles. The van der Waals surface area contributed by atoms with Gasteiger partial charge in [-0.25, -0.2) is 9.97 Å². The van der Waals surface area contributed by atoms with Crippen LogP contribution >= 0.6 is 0 Å². The first-order chi connectivity index (χ1) is 9.94. The molecule has 1 heterocycles. The van der Waals surface area contributed by atoms with E-state index in [9.17, 15) is 0 Å². The van der Waals surface area contributed by atoms with Crippen LogP contribution in [0, 0.1) is 0 Å². The maximum atomic E-state index is 5.82. The Kier molecular flexibility index (Phi) is 4.43. The quantitative estimate of drug-likeness (QED) is 0.936. The summed E-state index contributed by atoms with van der Waals surface area (Å²) in [6, 6.07) is 6.02. The zero-order chi connectivity index (χ0) is 15.5. The Labute approximate surface area is 125 Å². The highest BCUT2D eigenvalue weighted by molar-refractivity contribution is 5.45. The zero-order valence-electron chi connectivity index (χ0n) is 12.9. The predicted octanol–water partition coefficient (Wildman–Crippen LogP) is 3.03. The van der Waals surface area contributed by atoms with E-state index in [0.29, 0.717) is 12.6 Å². The third-order valence-electron chi connectivity index (χ3n) is 3.11. The number of hydrogen-bond acceptors (Lipinski definition) is 5. The largest absolute Gasteiger partial charge is 0.497 e. The number of aromatic nitrogens is 2. The molecule has 1 aromatic carbocycles. The smallest absolute Gasteiger partial charge is 0.321 e. The lowest BCUT2D eigenvalue weighted by atomic mass is 9.86. The number of ether oxygens (including phenoxy) is 2. The summed E-state index contributed by atoms with van der Waals surface area (Å²) >= 11 is 0. The Balaban J connectivity index is 2.34. The highest BCUT2D eigenvalue weighted by Crippen LogP contribution is 2.35. The maximum absolute atomic E-state index is 5.82. The van der Waals surface area contributed by atoms with Gasteiger partial charge in [-0.1, -0.05) is 20.8 Å². The van der Waals surface area contributed by atoms with Gasteiger partial charge in [-0.2, -0.15) is 0 Å². The summed E-state index contributed by atoms with van der Waals surface area (Å²) in [5, 5.41) is 0. The van der Waals surface area contributed by atoms with E-state index >= 15 is 0 Å². The van der Waals surface area contributed by atoms with E-state index in [4.69, 9.17) is 15.2 Å². The molecule has 21 heavy (non-hydrogen) atoms. The molecule has 5 nitrogen and oxygen atoms in total. The molecular formula is C16H21N3O2. The molecule has 0 aliphatic carbocycles. The van der Waals surface area contributed by atoms with Crippen molar-refractivity contribution in [1.29, 1.82) is 0 Å². The Morgan fingerprint density at radius 2 is 1.81 bits per heavy atom. The fourth-order valence-electron chi connectivity index (χ4n) is 1.91. The van der Waals surface area contributed by atoms with Crippen LogP contribution in [0.2, 0.25) is 0 Å². The van der Waals surface area contributed by atoms with Crippen molar-refractivity contribution < 1.29 is 9.47 Å². The third kappa shape index (κ3) is 3.70. The summed E-state index contributed by atoms with van der Waals surface area (Å²) in [4.78, 5) is 8.33. The second kappa shape index (κ2) is 6.10. The van der Waals surface area contributed by atoms with Crippen LogP contribution in [0.5, 0.6) is 17.5 Å². The standard InChI is InChI=1S/C16H21N3O2/c1-16(2,3)13-7-12(20-4)5-6-14(13)21-15-18-9-11(8-17)10-19-15/h5-7,9-10H,8,17H2,1-4H3. The molecular weight excluding hydrogens is 266 g/mol. The summed E-state index contributed by atoms with van der Waals surface area (Å²) in [6.07, 6.45) is 3.34. The molecule has 0 saturated carbocycles. The number of rotatable bonds is 4. The average molecular weight is 287 g/mol. The lowest BCUT2D eigenvalue weighted by molar-refractivity contribution is 0.401. The van der Waals surface area contributed by atoms with Crippen molar-refractivity contribution in [3.05, 3.63) is 41.7 Å². The molecule has 0 aliphatic rings. The number of hydrogen-bond donors (Lipinski definition) is 1. The van der Waals surface area contributed by atoms with E-state index in [-0.39, 0.29) is 5.41 Å². The van der Waals surface area contributed by atoms with E-state index < -0.39 is 0 Å². The van der Waals surface area contributed by atoms with Crippen LogP contribution in [0.4, 0.5) is 0 Å². The first-order valence-electron chi connectivity index (χ1n) is 6.81. The minimum absolute atomic E-state index is 0.0823. The van der Waals surface area contributed by atoms with Crippen molar-refractivity contribution >= 4 is 0 Å². The second-order valence-electron chi connectivity index (χ2n) is 5.79. The molecule has 2 aromatic rings. The van der Waals surface area contributed by atoms with Crippen molar-refractivity contribution in [2.24, 2.45) is 5.73 Å². The van der Waals surface area contributed by atoms with E-state index in [1.807, 2.05) is 18.2 Å². The molecule has 0 bridgehead atoms. The topological polar surface area (TPSA) is 70.3 Å². The highest BCUT2D eigenvalue weighted by atomic mass is 16.5. The molecule has 2 N–H and O–H groups in total. The number of benzene rings is 1. The maximum Gasteiger partial charge on any atom is 0.321 e. The van der Waals surface area contributed by atoms with E-state index in [1.165, 1.54) is 0 Å². The fraction of sp³-hybridized carbons (Fsp3) is 0.375. The van der Waals surface area contributed by atoms with Gasteiger partial charge in [-0.05, 0) is 23.6 Å². The summed E-state index contributed by atoms with van der Waals surface area (Å²) in [5.74, 6) is 1.52. The normalized spacial score (nSPS) is 11.3. The highest BCUT2D eigenvalue weighted by Gasteiger charge is 2.21. The molecule has 1 aromatic heterocycles. The van der Waals surface area contributed by atoms with Crippen LogP contribution in [0.15, 0.2) is 30.6 Å². The van der Waals surface area contributed by atoms with E-state index in [1.54, 1.807) is 19.5 Å². The van der Waals surface area contributed by atoms with Gasteiger partial charge in [0.2, 0.25) is 0 Å². The lowest BCUT2D eigenvalue weighted by Gasteiger charge is -2.22. The van der Waals surface area contributed by atoms with Gasteiger partial charge >= 0.3 is 6.01 Å². The molecule has 0 radical (unpaired) electrons. The fourth-order valence-corrected chi connectivity index (χ4v) is 1.91. The van der Waals surface area contributed by atoms with Crippen molar-refractivity contribution in [1.82, 2.24) is 9.97 Å². The van der Waals surface area contributed by atoms with Gasteiger partial charge in [0.15, 0.2) is 0 Å². The van der Waals surface area contributed by atoms with Crippen LogP contribution in [0.1, 0.15) is 31.9 Å². The third-order valence-corrected chi connectivity index (χ3v) is 3.11. The van der Waals surface area contributed by atoms with Gasteiger partial charge < -0.3 is 15.2 Å². The van der Waals surface area contributed by atoms with Crippen molar-refractivity contribution in [2.45, 2.75) is 32.7 Å². The number of nitrogens with zero attached hydrogens (tertiary/aromatic N) is 2. The molecule has 0 unspecified atom stereocenters. The predicted molar refractivity (Wildman–Crippen MR) is 81.7 cm³/mol. The number of nitrogens with two attached hydrogens (primary N) is 1. The van der Waals surface area contributed by atoms with Crippen LogP contribution in [-0.2, 0) is 12.0 Å². The molecule has 0 fully saturated rings. The van der Waals surface area contributed by atoms with Gasteiger partial charge in [0.25, 0.3) is 0 Å². The molecule has 0 spiro atoms. The Morgan fingerprint density at radius 1 is 1.14 bits per heavy atom.